The van der Waals surface area contributed by atoms with Crippen LogP contribution in [-0.4, -0.2) is 27.0 Å². The molecule has 0 radical (unpaired) electrons. The first-order valence-corrected chi connectivity index (χ1v) is 12.0. The maximum Gasteiger partial charge on any atom is 0.267 e. The summed E-state index contributed by atoms with van der Waals surface area (Å²) in [5.74, 6) is -0.0157. The molecule has 4 rings (SSSR count). The lowest BCUT2D eigenvalue weighted by molar-refractivity contribution is -0.122. The second-order valence-corrected chi connectivity index (χ2v) is 9.79. The molecule has 32 heavy (non-hydrogen) atoms. The van der Waals surface area contributed by atoms with Crippen LogP contribution in [0.5, 0.6) is 5.75 Å². The fourth-order valence-corrected chi connectivity index (χ4v) is 5.20. The molecule has 1 N–H and O–H groups in total. The Labute approximate surface area is 188 Å². The van der Waals surface area contributed by atoms with Crippen molar-refractivity contribution in [3.05, 3.63) is 83.4 Å². The number of nitrogens with zero attached hydrogens (tertiary/aromatic N) is 1. The Hall–Kier alpha value is -3.32. The van der Waals surface area contributed by atoms with Crippen molar-refractivity contribution in [2.45, 2.75) is 38.2 Å². The molecule has 3 aromatic carbocycles. The number of sulfonamides is 1. The second kappa shape index (κ2) is 8.67. The third-order valence-electron chi connectivity index (χ3n) is 5.54. The molecule has 1 heterocycles. The van der Waals surface area contributed by atoms with Crippen molar-refractivity contribution in [2.24, 2.45) is 0 Å². The third kappa shape index (κ3) is 4.21. The highest BCUT2D eigenvalue weighted by atomic mass is 32.2. The molecular formula is C25H26N2O4S. The van der Waals surface area contributed by atoms with Gasteiger partial charge in [-0.1, -0.05) is 48.9 Å². The molecule has 0 aliphatic carbocycles. The van der Waals surface area contributed by atoms with Gasteiger partial charge in [-0.15, -0.1) is 0 Å². The summed E-state index contributed by atoms with van der Waals surface area (Å²) < 4.78 is 34.3. The fraction of sp³-hybridized carbons (Fsp3) is 0.240. The normalized spacial score (nSPS) is 15.6. The van der Waals surface area contributed by atoms with E-state index in [4.69, 9.17) is 4.74 Å². The summed E-state index contributed by atoms with van der Waals surface area (Å²) in [6, 6.07) is 19.5. The van der Waals surface area contributed by atoms with E-state index in [0.717, 1.165) is 23.1 Å². The maximum absolute atomic E-state index is 13.5. The number of hydrogen-bond donors (Lipinski definition) is 1. The number of hydrogen-bond acceptors (Lipinski definition) is 4. The second-order valence-electron chi connectivity index (χ2n) is 7.93. The van der Waals surface area contributed by atoms with Crippen LogP contribution >= 0.6 is 0 Å². The zero-order valence-electron chi connectivity index (χ0n) is 18.3. The number of ether oxygens (including phenoxy) is 1. The van der Waals surface area contributed by atoms with Crippen molar-refractivity contribution < 1.29 is 17.9 Å². The highest BCUT2D eigenvalue weighted by Gasteiger charge is 2.37. The van der Waals surface area contributed by atoms with Crippen LogP contribution in [0.2, 0.25) is 0 Å². The van der Waals surface area contributed by atoms with E-state index in [1.807, 2.05) is 51.1 Å². The summed E-state index contributed by atoms with van der Waals surface area (Å²) in [5.41, 5.74) is 4.00. The minimum absolute atomic E-state index is 0.119. The molecule has 7 heteroatoms. The van der Waals surface area contributed by atoms with Gasteiger partial charge in [-0.3, -0.25) is 9.10 Å². The molecule has 0 saturated carbocycles. The van der Waals surface area contributed by atoms with Gasteiger partial charge in [-0.25, -0.2) is 8.42 Å². The predicted molar refractivity (Wildman–Crippen MR) is 126 cm³/mol. The van der Waals surface area contributed by atoms with Crippen molar-refractivity contribution in [2.75, 3.05) is 16.2 Å². The number of anilines is 2. The molecule has 1 aliphatic heterocycles. The van der Waals surface area contributed by atoms with E-state index < -0.39 is 16.1 Å². The smallest absolute Gasteiger partial charge is 0.267 e. The van der Waals surface area contributed by atoms with Crippen molar-refractivity contribution in [1.29, 1.82) is 0 Å². The van der Waals surface area contributed by atoms with Gasteiger partial charge in [0.25, 0.3) is 15.9 Å². The molecule has 1 aliphatic rings. The topological polar surface area (TPSA) is 75.7 Å². The molecule has 0 saturated heterocycles. The predicted octanol–water partition coefficient (Wildman–Crippen LogP) is 4.46. The Kier molecular flexibility index (Phi) is 5.93. The Bertz CT molecular complexity index is 1250. The van der Waals surface area contributed by atoms with Crippen LogP contribution in [0.25, 0.3) is 0 Å². The van der Waals surface area contributed by atoms with E-state index in [1.165, 1.54) is 4.31 Å². The standard InChI is InChI=1S/C25H26N2O4S/c1-4-19-7-5-6-8-21(19)26-25(28)24-16-27(22-14-11-18(3)15-23(22)31-24)32(29,30)20-12-9-17(2)10-13-20/h5-15,24H,4,16H2,1-3H3,(H,26,28)/t24-/m0/s1. The molecule has 3 aromatic rings. The average Bonchev–Trinajstić information content (AvgIpc) is 2.78. The number of rotatable bonds is 5. The number of para-hydroxylation sites is 1. The first kappa shape index (κ1) is 21.9. The van der Waals surface area contributed by atoms with Gasteiger partial charge in [-0.2, -0.15) is 0 Å². The zero-order chi connectivity index (χ0) is 22.9. The van der Waals surface area contributed by atoms with E-state index in [1.54, 1.807) is 36.4 Å². The van der Waals surface area contributed by atoms with Crippen molar-refractivity contribution in [3.8, 4) is 5.75 Å². The summed E-state index contributed by atoms with van der Waals surface area (Å²) in [7, 11) is -3.88. The highest BCUT2D eigenvalue weighted by molar-refractivity contribution is 7.92. The quantitative estimate of drug-likeness (QED) is 0.623. The fourth-order valence-electron chi connectivity index (χ4n) is 3.73. The molecule has 0 unspecified atom stereocenters. The maximum atomic E-state index is 13.5. The molecule has 0 fully saturated rings. The van der Waals surface area contributed by atoms with Crippen molar-refractivity contribution >= 4 is 27.3 Å². The number of carbonyl (C=O) groups is 1. The van der Waals surface area contributed by atoms with Gasteiger partial charge >= 0.3 is 0 Å². The Morgan fingerprint density at radius 2 is 1.72 bits per heavy atom. The summed E-state index contributed by atoms with van der Waals surface area (Å²) in [6.07, 6.45) is -0.229. The van der Waals surface area contributed by atoms with Gasteiger partial charge in [0, 0.05) is 5.69 Å². The van der Waals surface area contributed by atoms with Crippen LogP contribution in [-0.2, 0) is 21.2 Å². The monoisotopic (exact) mass is 450 g/mol. The van der Waals surface area contributed by atoms with Gasteiger partial charge in [0.15, 0.2) is 6.10 Å². The Balaban J connectivity index is 1.70. The number of aryl methyl sites for hydroxylation is 3. The van der Waals surface area contributed by atoms with Gasteiger partial charge in [0.05, 0.1) is 17.1 Å². The molecule has 0 aromatic heterocycles. The van der Waals surface area contributed by atoms with Crippen LogP contribution in [0.1, 0.15) is 23.6 Å². The van der Waals surface area contributed by atoms with Crippen LogP contribution in [0.4, 0.5) is 11.4 Å². The van der Waals surface area contributed by atoms with Gasteiger partial charge in [0.2, 0.25) is 0 Å². The molecule has 1 amide bonds. The lowest BCUT2D eigenvalue weighted by Gasteiger charge is -2.35. The molecule has 0 bridgehead atoms. The molecule has 166 valence electrons. The number of carbonyl (C=O) groups excluding carboxylic acids is 1. The Morgan fingerprint density at radius 3 is 2.44 bits per heavy atom. The van der Waals surface area contributed by atoms with Gasteiger partial charge in [0.1, 0.15) is 5.75 Å². The summed E-state index contributed by atoms with van der Waals surface area (Å²) in [5, 5.41) is 2.91. The van der Waals surface area contributed by atoms with E-state index in [9.17, 15) is 13.2 Å². The SMILES string of the molecule is CCc1ccccc1NC(=O)[C@@H]1CN(S(=O)(=O)c2ccc(C)cc2)c2ccc(C)cc2O1. The van der Waals surface area contributed by atoms with E-state index in [0.29, 0.717) is 17.1 Å². The summed E-state index contributed by atoms with van der Waals surface area (Å²) in [6.45, 7) is 5.69. The summed E-state index contributed by atoms with van der Waals surface area (Å²) in [4.78, 5) is 13.3. The highest BCUT2D eigenvalue weighted by Crippen LogP contribution is 2.38. The number of amides is 1. The Morgan fingerprint density at radius 1 is 1.03 bits per heavy atom. The van der Waals surface area contributed by atoms with Crippen LogP contribution in [0.15, 0.2) is 71.6 Å². The largest absolute Gasteiger partial charge is 0.476 e. The van der Waals surface area contributed by atoms with Crippen LogP contribution in [0.3, 0.4) is 0 Å². The first-order chi connectivity index (χ1) is 15.3. The van der Waals surface area contributed by atoms with Gasteiger partial charge in [-0.05, 0) is 61.7 Å². The van der Waals surface area contributed by atoms with E-state index >= 15 is 0 Å². The first-order valence-electron chi connectivity index (χ1n) is 10.5. The van der Waals surface area contributed by atoms with Crippen LogP contribution in [0, 0.1) is 13.8 Å². The van der Waals surface area contributed by atoms with E-state index in [-0.39, 0.29) is 17.3 Å². The zero-order valence-corrected chi connectivity index (χ0v) is 19.1. The molecular weight excluding hydrogens is 424 g/mol. The number of nitrogens with one attached hydrogen (secondary N) is 1. The lowest BCUT2D eigenvalue weighted by atomic mass is 10.1. The molecule has 0 spiro atoms. The van der Waals surface area contributed by atoms with E-state index in [2.05, 4.69) is 5.32 Å². The number of benzene rings is 3. The minimum atomic E-state index is -3.88. The minimum Gasteiger partial charge on any atom is -0.476 e. The lowest BCUT2D eigenvalue weighted by Crippen LogP contribution is -2.48. The van der Waals surface area contributed by atoms with Crippen LogP contribution < -0.4 is 14.4 Å². The van der Waals surface area contributed by atoms with Gasteiger partial charge < -0.3 is 10.1 Å². The average molecular weight is 451 g/mol. The number of fused-ring (bicyclic) bond motifs is 1. The third-order valence-corrected chi connectivity index (χ3v) is 7.34. The molecule has 6 nitrogen and oxygen atoms in total. The summed E-state index contributed by atoms with van der Waals surface area (Å²) >= 11 is 0. The molecule has 1 atom stereocenters. The van der Waals surface area contributed by atoms with Crippen molar-refractivity contribution in [3.63, 3.8) is 0 Å². The van der Waals surface area contributed by atoms with Crippen molar-refractivity contribution in [1.82, 2.24) is 0 Å².